The Hall–Kier alpha value is -2.30. The van der Waals surface area contributed by atoms with Gasteiger partial charge in [0.15, 0.2) is 0 Å². The SMILES string of the molecule is CCOc1cncc(NCc2ccc(C)cc2OC)n1. The highest BCUT2D eigenvalue weighted by molar-refractivity contribution is 5.41. The number of hydrogen-bond donors (Lipinski definition) is 1. The quantitative estimate of drug-likeness (QED) is 0.877. The molecular weight excluding hydrogens is 254 g/mol. The predicted molar refractivity (Wildman–Crippen MR) is 78.3 cm³/mol. The Labute approximate surface area is 119 Å². The van der Waals surface area contributed by atoms with Crippen LogP contribution in [0.3, 0.4) is 0 Å². The first-order chi connectivity index (χ1) is 9.72. The van der Waals surface area contributed by atoms with Crippen LogP contribution in [0.15, 0.2) is 30.6 Å². The van der Waals surface area contributed by atoms with Crippen LogP contribution in [-0.2, 0) is 6.54 Å². The minimum Gasteiger partial charge on any atom is -0.496 e. The van der Waals surface area contributed by atoms with Crippen molar-refractivity contribution in [1.82, 2.24) is 9.97 Å². The second-order valence-electron chi connectivity index (χ2n) is 4.34. The lowest BCUT2D eigenvalue weighted by atomic mass is 10.1. The van der Waals surface area contributed by atoms with Crippen molar-refractivity contribution in [1.29, 1.82) is 0 Å². The summed E-state index contributed by atoms with van der Waals surface area (Å²) in [7, 11) is 1.67. The number of nitrogens with one attached hydrogen (secondary N) is 1. The van der Waals surface area contributed by atoms with E-state index in [2.05, 4.69) is 21.4 Å². The number of ether oxygens (including phenoxy) is 2. The Balaban J connectivity index is 2.06. The fourth-order valence-corrected chi connectivity index (χ4v) is 1.83. The van der Waals surface area contributed by atoms with Gasteiger partial charge in [0.25, 0.3) is 0 Å². The molecule has 1 N–H and O–H groups in total. The van der Waals surface area contributed by atoms with E-state index in [-0.39, 0.29) is 0 Å². The average Bonchev–Trinajstić information content (AvgIpc) is 2.46. The van der Waals surface area contributed by atoms with Crippen molar-refractivity contribution in [2.24, 2.45) is 0 Å². The fraction of sp³-hybridized carbons (Fsp3) is 0.333. The molecule has 5 heteroatoms. The van der Waals surface area contributed by atoms with E-state index in [0.717, 1.165) is 11.3 Å². The molecule has 2 aromatic rings. The highest BCUT2D eigenvalue weighted by Gasteiger charge is 2.04. The summed E-state index contributed by atoms with van der Waals surface area (Å²) < 4.78 is 10.7. The molecule has 0 saturated carbocycles. The van der Waals surface area contributed by atoms with E-state index in [4.69, 9.17) is 9.47 Å². The van der Waals surface area contributed by atoms with Gasteiger partial charge in [0.05, 0.1) is 26.1 Å². The van der Waals surface area contributed by atoms with Crippen LogP contribution in [0, 0.1) is 6.92 Å². The number of hydrogen-bond acceptors (Lipinski definition) is 5. The Bertz CT molecular complexity index is 573. The second kappa shape index (κ2) is 6.75. The van der Waals surface area contributed by atoms with Crippen LogP contribution in [0.4, 0.5) is 5.82 Å². The molecule has 0 saturated heterocycles. The molecule has 20 heavy (non-hydrogen) atoms. The summed E-state index contributed by atoms with van der Waals surface area (Å²) in [5.74, 6) is 2.07. The van der Waals surface area contributed by atoms with E-state index in [0.29, 0.717) is 24.8 Å². The predicted octanol–water partition coefficient (Wildman–Crippen LogP) is 2.80. The zero-order valence-corrected chi connectivity index (χ0v) is 12.0. The molecule has 0 radical (unpaired) electrons. The number of nitrogens with zero attached hydrogens (tertiary/aromatic N) is 2. The number of aromatic nitrogens is 2. The van der Waals surface area contributed by atoms with Crippen molar-refractivity contribution in [2.45, 2.75) is 20.4 Å². The Morgan fingerprint density at radius 1 is 1.25 bits per heavy atom. The zero-order valence-electron chi connectivity index (χ0n) is 12.0. The molecule has 0 bridgehead atoms. The van der Waals surface area contributed by atoms with Crippen LogP contribution in [-0.4, -0.2) is 23.7 Å². The van der Waals surface area contributed by atoms with Crippen molar-refractivity contribution in [3.05, 3.63) is 41.7 Å². The number of methoxy groups -OCH3 is 1. The van der Waals surface area contributed by atoms with Crippen molar-refractivity contribution < 1.29 is 9.47 Å². The number of benzene rings is 1. The van der Waals surface area contributed by atoms with Gasteiger partial charge in [0, 0.05) is 12.1 Å². The van der Waals surface area contributed by atoms with E-state index in [9.17, 15) is 0 Å². The molecule has 0 amide bonds. The van der Waals surface area contributed by atoms with Crippen molar-refractivity contribution >= 4 is 5.82 Å². The van der Waals surface area contributed by atoms with Gasteiger partial charge in [-0.2, -0.15) is 4.98 Å². The van der Waals surface area contributed by atoms with Crippen LogP contribution in [0.2, 0.25) is 0 Å². The largest absolute Gasteiger partial charge is 0.496 e. The molecule has 1 heterocycles. The van der Waals surface area contributed by atoms with Crippen molar-refractivity contribution in [2.75, 3.05) is 19.0 Å². The summed E-state index contributed by atoms with van der Waals surface area (Å²) in [5, 5.41) is 3.22. The molecule has 0 aliphatic carbocycles. The lowest BCUT2D eigenvalue weighted by Gasteiger charge is -2.11. The monoisotopic (exact) mass is 273 g/mol. The van der Waals surface area contributed by atoms with Crippen molar-refractivity contribution in [3.8, 4) is 11.6 Å². The summed E-state index contributed by atoms with van der Waals surface area (Å²) >= 11 is 0. The summed E-state index contributed by atoms with van der Waals surface area (Å²) in [6.45, 7) is 5.15. The van der Waals surface area contributed by atoms with E-state index in [1.165, 1.54) is 5.56 Å². The highest BCUT2D eigenvalue weighted by Crippen LogP contribution is 2.21. The van der Waals surface area contributed by atoms with Crippen LogP contribution in [0.1, 0.15) is 18.1 Å². The maximum absolute atomic E-state index is 5.38. The molecule has 1 aromatic carbocycles. The van der Waals surface area contributed by atoms with Gasteiger partial charge in [-0.25, -0.2) is 0 Å². The van der Waals surface area contributed by atoms with Crippen LogP contribution in [0.25, 0.3) is 0 Å². The standard InChI is InChI=1S/C15H19N3O2/c1-4-20-15-10-16-9-14(18-15)17-8-12-6-5-11(2)7-13(12)19-3/h5-7,9-10H,4,8H2,1-3H3,(H,17,18). The summed E-state index contributed by atoms with van der Waals surface area (Å²) in [6, 6.07) is 6.11. The van der Waals surface area contributed by atoms with Gasteiger partial charge < -0.3 is 14.8 Å². The van der Waals surface area contributed by atoms with E-state index in [1.807, 2.05) is 26.0 Å². The molecule has 0 spiro atoms. The van der Waals surface area contributed by atoms with Gasteiger partial charge in [-0.05, 0) is 25.5 Å². The maximum Gasteiger partial charge on any atom is 0.234 e. The molecule has 0 fully saturated rings. The number of rotatable bonds is 6. The molecule has 0 atom stereocenters. The average molecular weight is 273 g/mol. The van der Waals surface area contributed by atoms with Crippen LogP contribution < -0.4 is 14.8 Å². The summed E-state index contributed by atoms with van der Waals surface area (Å²) in [4.78, 5) is 8.40. The van der Waals surface area contributed by atoms with Gasteiger partial charge in [0.1, 0.15) is 11.6 Å². The van der Waals surface area contributed by atoms with Gasteiger partial charge in [-0.3, -0.25) is 4.98 Å². The topological polar surface area (TPSA) is 56.3 Å². The molecule has 5 nitrogen and oxygen atoms in total. The van der Waals surface area contributed by atoms with E-state index >= 15 is 0 Å². The molecular formula is C15H19N3O2. The molecule has 1 aromatic heterocycles. The molecule has 106 valence electrons. The maximum atomic E-state index is 5.38. The molecule has 0 unspecified atom stereocenters. The van der Waals surface area contributed by atoms with Gasteiger partial charge in [0.2, 0.25) is 5.88 Å². The Kier molecular flexibility index (Phi) is 4.76. The second-order valence-corrected chi connectivity index (χ2v) is 4.34. The zero-order chi connectivity index (χ0) is 14.4. The van der Waals surface area contributed by atoms with Crippen LogP contribution in [0.5, 0.6) is 11.6 Å². The Morgan fingerprint density at radius 3 is 2.85 bits per heavy atom. The third-order valence-corrected chi connectivity index (χ3v) is 2.81. The number of aryl methyl sites for hydroxylation is 1. The molecule has 0 aliphatic heterocycles. The first-order valence-corrected chi connectivity index (χ1v) is 6.55. The third kappa shape index (κ3) is 3.60. The molecule has 0 aliphatic rings. The Morgan fingerprint density at radius 2 is 2.10 bits per heavy atom. The van der Waals surface area contributed by atoms with E-state index < -0.39 is 0 Å². The lowest BCUT2D eigenvalue weighted by molar-refractivity contribution is 0.325. The first-order valence-electron chi connectivity index (χ1n) is 6.55. The minimum absolute atomic E-state index is 0.522. The van der Waals surface area contributed by atoms with Gasteiger partial charge in [-0.15, -0.1) is 0 Å². The third-order valence-electron chi connectivity index (χ3n) is 2.81. The summed E-state index contributed by atoms with van der Waals surface area (Å²) in [6.07, 6.45) is 3.27. The van der Waals surface area contributed by atoms with Crippen LogP contribution >= 0.6 is 0 Å². The smallest absolute Gasteiger partial charge is 0.234 e. The van der Waals surface area contributed by atoms with Gasteiger partial charge in [-0.1, -0.05) is 12.1 Å². The van der Waals surface area contributed by atoms with E-state index in [1.54, 1.807) is 19.5 Å². The first kappa shape index (κ1) is 14.1. The number of anilines is 1. The minimum atomic E-state index is 0.522. The normalized spacial score (nSPS) is 10.2. The summed E-state index contributed by atoms with van der Waals surface area (Å²) in [5.41, 5.74) is 2.24. The molecule has 2 rings (SSSR count). The van der Waals surface area contributed by atoms with Gasteiger partial charge >= 0.3 is 0 Å². The fourth-order valence-electron chi connectivity index (χ4n) is 1.83. The van der Waals surface area contributed by atoms with Crippen molar-refractivity contribution in [3.63, 3.8) is 0 Å². The highest BCUT2D eigenvalue weighted by atomic mass is 16.5. The lowest BCUT2D eigenvalue weighted by Crippen LogP contribution is -2.05.